The lowest BCUT2D eigenvalue weighted by atomic mass is 10.3. The Labute approximate surface area is 132 Å². The van der Waals surface area contributed by atoms with Crippen molar-refractivity contribution in [1.29, 1.82) is 0 Å². The predicted molar refractivity (Wildman–Crippen MR) is 85.9 cm³/mol. The molecule has 1 heterocycles. The lowest BCUT2D eigenvalue weighted by molar-refractivity contribution is 0.147. The molecule has 2 aromatic rings. The molecule has 108 valence electrons. The Bertz CT molecular complexity index is 559. The molecule has 0 radical (unpaired) electrons. The van der Waals surface area contributed by atoms with Crippen LogP contribution in [-0.2, 0) is 4.74 Å². The van der Waals surface area contributed by atoms with Gasteiger partial charge >= 0.3 is 0 Å². The summed E-state index contributed by atoms with van der Waals surface area (Å²) in [5, 5.41) is 3.97. The van der Waals surface area contributed by atoms with Gasteiger partial charge in [0.25, 0.3) is 0 Å². The molecule has 20 heavy (non-hydrogen) atoms. The van der Waals surface area contributed by atoms with Gasteiger partial charge in [-0.05, 0) is 31.5 Å². The molecule has 0 unspecified atom stereocenters. The molecule has 2 rings (SSSR count). The van der Waals surface area contributed by atoms with E-state index in [4.69, 9.17) is 16.3 Å². The molecule has 0 fully saturated rings. The Morgan fingerprint density at radius 2 is 2.30 bits per heavy atom. The van der Waals surface area contributed by atoms with Crippen LogP contribution in [0.25, 0.3) is 5.69 Å². The van der Waals surface area contributed by atoms with Gasteiger partial charge in [0.05, 0.1) is 10.7 Å². The Balaban J connectivity index is 2.04. The van der Waals surface area contributed by atoms with Gasteiger partial charge in [0, 0.05) is 36.6 Å². The minimum atomic E-state index is 0.676. The van der Waals surface area contributed by atoms with Crippen LogP contribution in [0.15, 0.2) is 35.1 Å². The molecule has 0 aliphatic carbocycles. The molecule has 0 saturated carbocycles. The summed E-state index contributed by atoms with van der Waals surface area (Å²) in [5.74, 6) is 0.783. The summed E-state index contributed by atoms with van der Waals surface area (Å²) in [5.41, 5.74) is 0.902. The van der Waals surface area contributed by atoms with Crippen LogP contribution in [0, 0.1) is 0 Å². The number of nitrogens with one attached hydrogen (secondary N) is 1. The van der Waals surface area contributed by atoms with E-state index >= 15 is 0 Å². The van der Waals surface area contributed by atoms with E-state index in [-0.39, 0.29) is 0 Å². The van der Waals surface area contributed by atoms with E-state index in [1.54, 1.807) is 6.20 Å². The summed E-state index contributed by atoms with van der Waals surface area (Å²) < 4.78 is 8.20. The fraction of sp³-hybridized carbons (Fsp3) is 0.357. The molecule has 0 atom stereocenters. The number of imidazole rings is 1. The van der Waals surface area contributed by atoms with E-state index in [1.807, 2.05) is 35.9 Å². The van der Waals surface area contributed by atoms with E-state index in [0.29, 0.717) is 5.02 Å². The molecule has 0 saturated heterocycles. The van der Waals surface area contributed by atoms with Gasteiger partial charge in [0.2, 0.25) is 5.95 Å². The minimum Gasteiger partial charge on any atom is -0.382 e. The lowest BCUT2D eigenvalue weighted by Crippen LogP contribution is -2.10. The van der Waals surface area contributed by atoms with Crippen LogP contribution < -0.4 is 5.32 Å². The van der Waals surface area contributed by atoms with E-state index in [9.17, 15) is 0 Å². The maximum Gasteiger partial charge on any atom is 0.207 e. The average molecular weight is 359 g/mol. The van der Waals surface area contributed by atoms with Gasteiger partial charge in [0.15, 0.2) is 0 Å². The van der Waals surface area contributed by atoms with E-state index in [1.165, 1.54) is 0 Å². The topological polar surface area (TPSA) is 39.1 Å². The largest absolute Gasteiger partial charge is 0.382 e. The zero-order chi connectivity index (χ0) is 14.4. The van der Waals surface area contributed by atoms with Crippen LogP contribution >= 0.6 is 27.5 Å². The van der Waals surface area contributed by atoms with Crippen molar-refractivity contribution in [3.8, 4) is 5.69 Å². The Hall–Kier alpha value is -1.04. The summed E-state index contributed by atoms with van der Waals surface area (Å²) >= 11 is 9.67. The summed E-state index contributed by atoms with van der Waals surface area (Å²) in [7, 11) is 0. The van der Waals surface area contributed by atoms with Crippen molar-refractivity contribution < 1.29 is 4.74 Å². The van der Waals surface area contributed by atoms with Crippen molar-refractivity contribution in [2.75, 3.05) is 25.1 Å². The predicted octanol–water partition coefficient (Wildman–Crippen LogP) is 4.13. The Morgan fingerprint density at radius 1 is 1.45 bits per heavy atom. The van der Waals surface area contributed by atoms with Crippen molar-refractivity contribution in [3.05, 3.63) is 40.1 Å². The number of hydrogen-bond acceptors (Lipinski definition) is 3. The first-order chi connectivity index (χ1) is 9.72. The molecule has 0 bridgehead atoms. The number of aromatic nitrogens is 2. The molecular formula is C14H17BrClN3O. The zero-order valence-electron chi connectivity index (χ0n) is 11.3. The van der Waals surface area contributed by atoms with Gasteiger partial charge < -0.3 is 10.1 Å². The Morgan fingerprint density at radius 3 is 3.05 bits per heavy atom. The smallest absolute Gasteiger partial charge is 0.207 e. The maximum absolute atomic E-state index is 6.27. The number of nitrogens with zero attached hydrogens (tertiary/aromatic N) is 2. The molecule has 1 aromatic carbocycles. The first kappa shape index (κ1) is 15.4. The van der Waals surface area contributed by atoms with Gasteiger partial charge in [-0.1, -0.05) is 27.5 Å². The summed E-state index contributed by atoms with van der Waals surface area (Å²) in [4.78, 5) is 4.31. The highest BCUT2D eigenvalue weighted by atomic mass is 79.9. The minimum absolute atomic E-state index is 0.676. The third-order valence-electron chi connectivity index (χ3n) is 2.76. The van der Waals surface area contributed by atoms with Crippen LogP contribution in [0.1, 0.15) is 13.3 Å². The zero-order valence-corrected chi connectivity index (χ0v) is 13.6. The first-order valence-corrected chi connectivity index (χ1v) is 7.70. The fourth-order valence-electron chi connectivity index (χ4n) is 1.82. The second-order valence-corrected chi connectivity index (χ2v) is 5.52. The summed E-state index contributed by atoms with van der Waals surface area (Å²) in [6.45, 7) is 4.31. The van der Waals surface area contributed by atoms with E-state index < -0.39 is 0 Å². The fourth-order valence-corrected chi connectivity index (χ4v) is 2.59. The second kappa shape index (κ2) is 7.67. The van der Waals surface area contributed by atoms with E-state index in [0.717, 1.165) is 42.3 Å². The molecule has 0 amide bonds. The van der Waals surface area contributed by atoms with Crippen LogP contribution in [0.5, 0.6) is 0 Å². The maximum atomic E-state index is 6.27. The van der Waals surface area contributed by atoms with Crippen molar-refractivity contribution >= 4 is 33.5 Å². The number of hydrogen-bond donors (Lipinski definition) is 1. The summed E-state index contributed by atoms with van der Waals surface area (Å²) in [6, 6.07) is 5.79. The van der Waals surface area contributed by atoms with Gasteiger partial charge in [-0.15, -0.1) is 0 Å². The van der Waals surface area contributed by atoms with Crippen molar-refractivity contribution in [2.45, 2.75) is 13.3 Å². The van der Waals surface area contributed by atoms with Gasteiger partial charge in [-0.2, -0.15) is 0 Å². The second-order valence-electron chi connectivity index (χ2n) is 4.19. The highest BCUT2D eigenvalue weighted by Gasteiger charge is 2.08. The molecule has 0 spiro atoms. The third kappa shape index (κ3) is 3.98. The standard InChI is InChI=1S/C14H17BrClN3O/c1-2-20-9-3-6-17-14-18-7-8-19(14)13-5-4-11(15)10-12(13)16/h4-5,7-8,10H,2-3,6,9H2,1H3,(H,17,18). The molecule has 1 N–H and O–H groups in total. The van der Waals surface area contributed by atoms with Gasteiger partial charge in [0.1, 0.15) is 0 Å². The molecule has 4 nitrogen and oxygen atoms in total. The highest BCUT2D eigenvalue weighted by Crippen LogP contribution is 2.26. The lowest BCUT2D eigenvalue weighted by Gasteiger charge is -2.11. The number of rotatable bonds is 7. The van der Waals surface area contributed by atoms with E-state index in [2.05, 4.69) is 26.2 Å². The highest BCUT2D eigenvalue weighted by molar-refractivity contribution is 9.10. The van der Waals surface area contributed by atoms with Crippen LogP contribution in [0.4, 0.5) is 5.95 Å². The number of anilines is 1. The summed E-state index contributed by atoms with van der Waals surface area (Å²) in [6.07, 6.45) is 4.58. The SMILES string of the molecule is CCOCCCNc1nccn1-c1ccc(Br)cc1Cl. The molecular weight excluding hydrogens is 342 g/mol. The number of ether oxygens (including phenoxy) is 1. The molecule has 0 aliphatic rings. The van der Waals surface area contributed by atoms with Gasteiger partial charge in [-0.25, -0.2) is 4.98 Å². The van der Waals surface area contributed by atoms with Crippen molar-refractivity contribution in [2.24, 2.45) is 0 Å². The third-order valence-corrected chi connectivity index (χ3v) is 3.56. The number of halogens is 2. The monoisotopic (exact) mass is 357 g/mol. The van der Waals surface area contributed by atoms with Crippen molar-refractivity contribution in [3.63, 3.8) is 0 Å². The quantitative estimate of drug-likeness (QED) is 0.757. The Kier molecular flexibility index (Phi) is 5.88. The van der Waals surface area contributed by atoms with Crippen LogP contribution in [0.2, 0.25) is 5.02 Å². The first-order valence-electron chi connectivity index (χ1n) is 6.52. The average Bonchev–Trinajstić information content (AvgIpc) is 2.87. The normalized spacial score (nSPS) is 10.8. The van der Waals surface area contributed by atoms with Crippen LogP contribution in [-0.4, -0.2) is 29.3 Å². The van der Waals surface area contributed by atoms with Crippen LogP contribution in [0.3, 0.4) is 0 Å². The molecule has 0 aliphatic heterocycles. The van der Waals surface area contributed by atoms with Crippen molar-refractivity contribution in [1.82, 2.24) is 9.55 Å². The molecule has 1 aromatic heterocycles. The van der Waals surface area contributed by atoms with Gasteiger partial charge in [-0.3, -0.25) is 4.57 Å². The molecule has 6 heteroatoms. The number of benzene rings is 1.